The molecule has 0 atom stereocenters. The second kappa shape index (κ2) is 3.73. The summed E-state index contributed by atoms with van der Waals surface area (Å²) in [5.74, 6) is -0.290. The van der Waals surface area contributed by atoms with Crippen molar-refractivity contribution in [3.63, 3.8) is 0 Å². The summed E-state index contributed by atoms with van der Waals surface area (Å²) in [5.41, 5.74) is 7.37. The quantitative estimate of drug-likeness (QED) is 0.791. The van der Waals surface area contributed by atoms with E-state index in [1.165, 1.54) is 10.9 Å². The standard InChI is InChI=1S/C13H13NO/c1-9-2-4-12-7-10(8-13(14)15)3-5-11(12)6-9/h2-7H,8H2,1H3,(H2,14,15). The molecule has 0 heterocycles. The van der Waals surface area contributed by atoms with E-state index in [1.54, 1.807) is 0 Å². The number of carbonyl (C=O) groups is 1. The first kappa shape index (κ1) is 9.71. The van der Waals surface area contributed by atoms with Crippen LogP contribution in [0.15, 0.2) is 36.4 Å². The normalized spacial score (nSPS) is 10.5. The molecule has 0 aliphatic carbocycles. The highest BCUT2D eigenvalue weighted by Gasteiger charge is 2.00. The lowest BCUT2D eigenvalue weighted by Crippen LogP contribution is -2.13. The Morgan fingerprint density at radius 2 is 1.80 bits per heavy atom. The fraction of sp³-hybridized carbons (Fsp3) is 0.154. The van der Waals surface area contributed by atoms with Gasteiger partial charge in [-0.3, -0.25) is 4.79 Å². The maximum Gasteiger partial charge on any atom is 0.221 e. The maximum atomic E-state index is 10.8. The first-order valence-corrected chi connectivity index (χ1v) is 4.93. The molecule has 0 saturated carbocycles. The molecule has 0 fully saturated rings. The average molecular weight is 199 g/mol. The van der Waals surface area contributed by atoms with E-state index >= 15 is 0 Å². The zero-order chi connectivity index (χ0) is 10.8. The van der Waals surface area contributed by atoms with E-state index in [-0.39, 0.29) is 5.91 Å². The van der Waals surface area contributed by atoms with E-state index in [9.17, 15) is 4.79 Å². The molecule has 2 heteroatoms. The molecule has 0 aliphatic heterocycles. The van der Waals surface area contributed by atoms with E-state index in [0.717, 1.165) is 10.9 Å². The molecule has 0 radical (unpaired) electrons. The van der Waals surface area contributed by atoms with Crippen molar-refractivity contribution in [3.8, 4) is 0 Å². The zero-order valence-electron chi connectivity index (χ0n) is 8.66. The Hall–Kier alpha value is -1.83. The third-order valence-corrected chi connectivity index (χ3v) is 2.44. The Morgan fingerprint density at radius 1 is 1.13 bits per heavy atom. The van der Waals surface area contributed by atoms with Crippen molar-refractivity contribution < 1.29 is 4.79 Å². The molecule has 1 amide bonds. The van der Waals surface area contributed by atoms with Gasteiger partial charge in [0, 0.05) is 0 Å². The molecule has 0 saturated heterocycles. The van der Waals surface area contributed by atoms with Crippen LogP contribution in [-0.2, 0) is 11.2 Å². The average Bonchev–Trinajstić information content (AvgIpc) is 2.17. The lowest BCUT2D eigenvalue weighted by atomic mass is 10.0. The summed E-state index contributed by atoms with van der Waals surface area (Å²) in [7, 11) is 0. The number of primary amides is 1. The van der Waals surface area contributed by atoms with Gasteiger partial charge in [-0.25, -0.2) is 0 Å². The minimum Gasteiger partial charge on any atom is -0.369 e. The predicted octanol–water partition coefficient (Wildman–Crippen LogP) is 2.18. The third-order valence-electron chi connectivity index (χ3n) is 2.44. The molecule has 2 aromatic carbocycles. The van der Waals surface area contributed by atoms with Gasteiger partial charge in [0.2, 0.25) is 5.91 Å². The van der Waals surface area contributed by atoms with Crippen LogP contribution >= 0.6 is 0 Å². The summed E-state index contributed by atoms with van der Waals surface area (Å²) in [4.78, 5) is 10.8. The Labute approximate surface area is 88.7 Å². The van der Waals surface area contributed by atoms with E-state index in [2.05, 4.69) is 25.1 Å². The van der Waals surface area contributed by atoms with Gasteiger partial charge in [-0.1, -0.05) is 42.0 Å². The number of benzene rings is 2. The van der Waals surface area contributed by atoms with Gasteiger partial charge in [-0.15, -0.1) is 0 Å². The number of hydrogen-bond acceptors (Lipinski definition) is 1. The molecular weight excluding hydrogens is 186 g/mol. The van der Waals surface area contributed by atoms with Gasteiger partial charge < -0.3 is 5.73 Å². The van der Waals surface area contributed by atoms with Gasteiger partial charge in [0.15, 0.2) is 0 Å². The van der Waals surface area contributed by atoms with Gasteiger partial charge in [0.05, 0.1) is 6.42 Å². The number of fused-ring (bicyclic) bond motifs is 1. The van der Waals surface area contributed by atoms with E-state index < -0.39 is 0 Å². The molecule has 2 nitrogen and oxygen atoms in total. The number of hydrogen-bond donors (Lipinski definition) is 1. The van der Waals surface area contributed by atoms with Crippen molar-refractivity contribution in [2.75, 3.05) is 0 Å². The van der Waals surface area contributed by atoms with Gasteiger partial charge >= 0.3 is 0 Å². The smallest absolute Gasteiger partial charge is 0.221 e. The molecule has 76 valence electrons. The monoisotopic (exact) mass is 199 g/mol. The van der Waals surface area contributed by atoms with Gasteiger partial charge in [0.1, 0.15) is 0 Å². The van der Waals surface area contributed by atoms with E-state index in [4.69, 9.17) is 5.73 Å². The fourth-order valence-corrected chi connectivity index (χ4v) is 1.73. The summed E-state index contributed by atoms with van der Waals surface area (Å²) < 4.78 is 0. The molecular formula is C13H13NO. The Bertz CT molecular complexity index is 517. The summed E-state index contributed by atoms with van der Waals surface area (Å²) in [6.07, 6.45) is 0.309. The first-order chi connectivity index (χ1) is 7.15. The van der Waals surface area contributed by atoms with Crippen LogP contribution in [0.4, 0.5) is 0 Å². The lowest BCUT2D eigenvalue weighted by Gasteiger charge is -2.02. The van der Waals surface area contributed by atoms with Crippen LogP contribution in [0.25, 0.3) is 10.8 Å². The van der Waals surface area contributed by atoms with E-state index in [1.807, 2.05) is 18.2 Å². The summed E-state index contributed by atoms with van der Waals surface area (Å²) in [6.45, 7) is 2.07. The lowest BCUT2D eigenvalue weighted by molar-refractivity contribution is -0.117. The van der Waals surface area contributed by atoms with E-state index in [0.29, 0.717) is 6.42 Å². The molecule has 0 unspecified atom stereocenters. The number of aryl methyl sites for hydroxylation is 1. The number of nitrogens with two attached hydrogens (primary N) is 1. The molecule has 2 rings (SSSR count). The van der Waals surface area contributed by atoms with Crippen molar-refractivity contribution in [2.24, 2.45) is 5.73 Å². The van der Waals surface area contributed by atoms with Crippen molar-refractivity contribution in [3.05, 3.63) is 47.5 Å². The fourth-order valence-electron chi connectivity index (χ4n) is 1.73. The second-order valence-corrected chi connectivity index (χ2v) is 3.83. The van der Waals surface area contributed by atoms with Crippen molar-refractivity contribution in [1.29, 1.82) is 0 Å². The molecule has 0 aromatic heterocycles. The van der Waals surface area contributed by atoms with Crippen LogP contribution in [0.3, 0.4) is 0 Å². The summed E-state index contributed by atoms with van der Waals surface area (Å²) in [5, 5.41) is 2.35. The SMILES string of the molecule is Cc1ccc2cc(CC(N)=O)ccc2c1. The van der Waals surface area contributed by atoms with Crippen molar-refractivity contribution >= 4 is 16.7 Å². The van der Waals surface area contributed by atoms with Crippen LogP contribution in [0.1, 0.15) is 11.1 Å². The minimum absolute atomic E-state index is 0.290. The van der Waals surface area contributed by atoms with Crippen LogP contribution in [0.2, 0.25) is 0 Å². The Balaban J connectivity index is 2.47. The van der Waals surface area contributed by atoms with Crippen LogP contribution < -0.4 is 5.73 Å². The largest absolute Gasteiger partial charge is 0.369 e. The van der Waals surface area contributed by atoms with Crippen LogP contribution in [-0.4, -0.2) is 5.91 Å². The highest BCUT2D eigenvalue weighted by Crippen LogP contribution is 2.17. The second-order valence-electron chi connectivity index (χ2n) is 3.83. The van der Waals surface area contributed by atoms with Gasteiger partial charge in [-0.05, 0) is 23.3 Å². The first-order valence-electron chi connectivity index (χ1n) is 4.93. The molecule has 2 aromatic rings. The summed E-state index contributed by atoms with van der Waals surface area (Å²) in [6, 6.07) is 12.3. The van der Waals surface area contributed by atoms with Crippen molar-refractivity contribution in [2.45, 2.75) is 13.3 Å². The van der Waals surface area contributed by atoms with Crippen LogP contribution in [0, 0.1) is 6.92 Å². The molecule has 0 spiro atoms. The number of carbonyl (C=O) groups excluding carboxylic acids is 1. The molecule has 0 bridgehead atoms. The van der Waals surface area contributed by atoms with Gasteiger partial charge in [0.25, 0.3) is 0 Å². The summed E-state index contributed by atoms with van der Waals surface area (Å²) >= 11 is 0. The Kier molecular flexibility index (Phi) is 2.42. The van der Waals surface area contributed by atoms with Crippen molar-refractivity contribution in [1.82, 2.24) is 0 Å². The Morgan fingerprint density at radius 3 is 2.53 bits per heavy atom. The number of amides is 1. The molecule has 0 aliphatic rings. The minimum atomic E-state index is -0.290. The highest BCUT2D eigenvalue weighted by atomic mass is 16.1. The molecule has 2 N–H and O–H groups in total. The topological polar surface area (TPSA) is 43.1 Å². The van der Waals surface area contributed by atoms with Gasteiger partial charge in [-0.2, -0.15) is 0 Å². The molecule has 15 heavy (non-hydrogen) atoms. The zero-order valence-corrected chi connectivity index (χ0v) is 8.66. The van der Waals surface area contributed by atoms with Crippen LogP contribution in [0.5, 0.6) is 0 Å². The predicted molar refractivity (Wildman–Crippen MR) is 61.6 cm³/mol. The number of rotatable bonds is 2. The maximum absolute atomic E-state index is 10.8. The third kappa shape index (κ3) is 2.15. The highest BCUT2D eigenvalue weighted by molar-refractivity contribution is 5.85.